The summed E-state index contributed by atoms with van der Waals surface area (Å²) in [5, 5.41) is 6.74. The molecule has 1 aliphatic rings. The van der Waals surface area contributed by atoms with Gasteiger partial charge in [0.25, 0.3) is 5.91 Å². The highest BCUT2D eigenvalue weighted by Crippen LogP contribution is 2.33. The molecule has 0 aliphatic carbocycles. The van der Waals surface area contributed by atoms with Crippen molar-refractivity contribution in [3.63, 3.8) is 0 Å². The summed E-state index contributed by atoms with van der Waals surface area (Å²) < 4.78 is 1.06. The molecule has 0 saturated carbocycles. The maximum atomic E-state index is 13.1. The zero-order valence-corrected chi connectivity index (χ0v) is 16.0. The molecule has 0 radical (unpaired) electrons. The van der Waals surface area contributed by atoms with Gasteiger partial charge >= 0.3 is 0 Å². The van der Waals surface area contributed by atoms with Crippen molar-refractivity contribution in [3.8, 4) is 0 Å². The number of aromatic nitrogens is 1. The number of hydrogen-bond acceptors (Lipinski definition) is 5. The SMILES string of the molecule is CCCC1=NN(c2nc3ccccc3s2)C(=O)[C@H]1C(C)=NCC(C)C. The van der Waals surface area contributed by atoms with Crippen LogP contribution in [0.5, 0.6) is 0 Å². The minimum atomic E-state index is -0.342. The average molecular weight is 356 g/mol. The summed E-state index contributed by atoms with van der Waals surface area (Å²) in [5.74, 6) is 0.0941. The number of aliphatic imine (C=N–C) groups is 1. The fourth-order valence-corrected chi connectivity index (χ4v) is 3.80. The van der Waals surface area contributed by atoms with Crippen molar-refractivity contribution in [2.45, 2.75) is 40.5 Å². The summed E-state index contributed by atoms with van der Waals surface area (Å²) in [4.78, 5) is 22.3. The highest BCUT2D eigenvalue weighted by Gasteiger charge is 2.39. The van der Waals surface area contributed by atoms with Crippen LogP contribution in [0.15, 0.2) is 34.4 Å². The fourth-order valence-electron chi connectivity index (χ4n) is 2.88. The lowest BCUT2D eigenvalue weighted by Gasteiger charge is -2.13. The first kappa shape index (κ1) is 17.7. The number of benzene rings is 1. The van der Waals surface area contributed by atoms with Crippen LogP contribution in [-0.4, -0.2) is 28.9 Å². The maximum Gasteiger partial charge on any atom is 0.264 e. The van der Waals surface area contributed by atoms with E-state index in [4.69, 9.17) is 0 Å². The van der Waals surface area contributed by atoms with Gasteiger partial charge in [0.15, 0.2) is 0 Å². The number of amides is 1. The van der Waals surface area contributed by atoms with Gasteiger partial charge in [0, 0.05) is 12.3 Å². The number of para-hydroxylation sites is 1. The summed E-state index contributed by atoms with van der Waals surface area (Å²) in [6.45, 7) is 9.03. The molecule has 1 aromatic carbocycles. The molecule has 1 aromatic heterocycles. The Balaban J connectivity index is 1.93. The molecule has 0 bridgehead atoms. The molecule has 1 atom stereocenters. The Morgan fingerprint density at radius 1 is 1.36 bits per heavy atom. The number of hydrazone groups is 1. The van der Waals surface area contributed by atoms with E-state index >= 15 is 0 Å². The van der Waals surface area contributed by atoms with Crippen molar-refractivity contribution in [1.82, 2.24) is 4.98 Å². The Bertz CT molecular complexity index is 804. The Morgan fingerprint density at radius 3 is 2.80 bits per heavy atom. The lowest BCUT2D eigenvalue weighted by molar-refractivity contribution is -0.118. The molecule has 0 fully saturated rings. The normalized spacial score (nSPS) is 18.5. The predicted molar refractivity (Wildman–Crippen MR) is 106 cm³/mol. The number of carbonyl (C=O) groups excluding carboxylic acids is 1. The fraction of sp³-hybridized carbons (Fsp3) is 0.474. The van der Waals surface area contributed by atoms with Gasteiger partial charge in [0.05, 0.1) is 15.9 Å². The van der Waals surface area contributed by atoms with Gasteiger partial charge in [0.1, 0.15) is 5.92 Å². The van der Waals surface area contributed by atoms with Crippen LogP contribution >= 0.6 is 11.3 Å². The average Bonchev–Trinajstić information content (AvgIpc) is 3.14. The lowest BCUT2D eigenvalue weighted by Crippen LogP contribution is -2.32. The minimum absolute atomic E-state index is 0.0347. The van der Waals surface area contributed by atoms with Crippen molar-refractivity contribution in [1.29, 1.82) is 0 Å². The summed E-state index contributed by atoms with van der Waals surface area (Å²) >= 11 is 1.50. The quantitative estimate of drug-likeness (QED) is 0.714. The van der Waals surface area contributed by atoms with E-state index < -0.39 is 0 Å². The number of nitrogens with zero attached hydrogens (tertiary/aromatic N) is 4. The van der Waals surface area contributed by atoms with E-state index in [9.17, 15) is 4.79 Å². The molecule has 0 unspecified atom stereocenters. The van der Waals surface area contributed by atoms with E-state index in [1.165, 1.54) is 16.3 Å². The van der Waals surface area contributed by atoms with Crippen LogP contribution in [0.1, 0.15) is 40.5 Å². The van der Waals surface area contributed by atoms with Crippen molar-refractivity contribution >= 4 is 44.0 Å². The Kier molecular flexibility index (Phi) is 5.27. The predicted octanol–water partition coefficient (Wildman–Crippen LogP) is 4.53. The molecule has 1 amide bonds. The van der Waals surface area contributed by atoms with Gasteiger partial charge in [-0.15, -0.1) is 0 Å². The van der Waals surface area contributed by atoms with Crippen LogP contribution in [-0.2, 0) is 4.79 Å². The van der Waals surface area contributed by atoms with Crippen LogP contribution in [0.2, 0.25) is 0 Å². The third kappa shape index (κ3) is 3.63. The van der Waals surface area contributed by atoms with Crippen LogP contribution < -0.4 is 5.01 Å². The molecule has 5 nitrogen and oxygen atoms in total. The first-order valence-electron chi connectivity index (χ1n) is 8.79. The van der Waals surface area contributed by atoms with E-state index in [0.29, 0.717) is 11.0 Å². The van der Waals surface area contributed by atoms with Crippen LogP contribution in [0, 0.1) is 11.8 Å². The smallest absolute Gasteiger partial charge is 0.264 e. The monoisotopic (exact) mass is 356 g/mol. The maximum absolute atomic E-state index is 13.1. The number of rotatable bonds is 6. The third-order valence-corrected chi connectivity index (χ3v) is 5.12. The standard InChI is InChI=1S/C19H24N4OS/c1-5-8-15-17(13(4)20-11-12(2)3)18(24)23(22-15)19-21-14-9-6-7-10-16(14)25-19/h6-7,9-10,12,17H,5,8,11H2,1-4H3/t17-/m0/s1. The largest absolute Gasteiger partial charge is 0.293 e. The molecule has 3 rings (SSSR count). The zero-order chi connectivity index (χ0) is 18.0. The number of anilines is 1. The van der Waals surface area contributed by atoms with Crippen LogP contribution in [0.4, 0.5) is 5.13 Å². The Labute approximate surface area is 152 Å². The van der Waals surface area contributed by atoms with Crippen molar-refractivity contribution < 1.29 is 4.79 Å². The molecule has 0 N–H and O–H groups in total. The molecule has 0 spiro atoms. The van der Waals surface area contributed by atoms with Gasteiger partial charge in [-0.25, -0.2) is 4.98 Å². The van der Waals surface area contributed by atoms with Gasteiger partial charge in [-0.05, 0) is 31.4 Å². The molecular formula is C19H24N4OS. The van der Waals surface area contributed by atoms with E-state index in [-0.39, 0.29) is 11.8 Å². The molecule has 25 heavy (non-hydrogen) atoms. The molecule has 2 heterocycles. The molecular weight excluding hydrogens is 332 g/mol. The highest BCUT2D eigenvalue weighted by molar-refractivity contribution is 7.22. The van der Waals surface area contributed by atoms with E-state index in [1.807, 2.05) is 31.2 Å². The van der Waals surface area contributed by atoms with Gasteiger partial charge in [-0.1, -0.05) is 50.7 Å². The second-order valence-corrected chi connectivity index (χ2v) is 7.77. The number of carbonyl (C=O) groups is 1. The highest BCUT2D eigenvalue weighted by atomic mass is 32.1. The molecule has 132 valence electrons. The summed E-state index contributed by atoms with van der Waals surface area (Å²) in [6, 6.07) is 7.91. The molecule has 0 saturated heterocycles. The molecule has 2 aromatic rings. The van der Waals surface area contributed by atoms with Gasteiger partial charge in [-0.2, -0.15) is 10.1 Å². The lowest BCUT2D eigenvalue weighted by atomic mass is 9.95. The summed E-state index contributed by atoms with van der Waals surface area (Å²) in [6.07, 6.45) is 1.75. The summed E-state index contributed by atoms with van der Waals surface area (Å²) in [7, 11) is 0. The van der Waals surface area contributed by atoms with Crippen LogP contribution in [0.3, 0.4) is 0 Å². The second-order valence-electron chi connectivity index (χ2n) is 6.76. The third-order valence-electron chi connectivity index (χ3n) is 4.11. The van der Waals surface area contributed by atoms with E-state index in [1.54, 1.807) is 0 Å². The van der Waals surface area contributed by atoms with Gasteiger partial charge in [-0.3, -0.25) is 9.79 Å². The Hall–Kier alpha value is -2.08. The van der Waals surface area contributed by atoms with Gasteiger partial charge in [0.2, 0.25) is 5.13 Å². The first-order chi connectivity index (χ1) is 12.0. The van der Waals surface area contributed by atoms with E-state index in [2.05, 4.69) is 35.8 Å². The Morgan fingerprint density at radius 2 is 2.12 bits per heavy atom. The number of thiazole rings is 1. The van der Waals surface area contributed by atoms with E-state index in [0.717, 1.165) is 41.0 Å². The first-order valence-corrected chi connectivity index (χ1v) is 9.60. The van der Waals surface area contributed by atoms with Crippen molar-refractivity contribution in [3.05, 3.63) is 24.3 Å². The van der Waals surface area contributed by atoms with Crippen molar-refractivity contribution in [2.75, 3.05) is 11.6 Å². The van der Waals surface area contributed by atoms with Gasteiger partial charge < -0.3 is 0 Å². The minimum Gasteiger partial charge on any atom is -0.293 e. The number of fused-ring (bicyclic) bond motifs is 1. The number of hydrogen-bond donors (Lipinski definition) is 0. The van der Waals surface area contributed by atoms with Crippen molar-refractivity contribution in [2.24, 2.45) is 21.9 Å². The summed E-state index contributed by atoms with van der Waals surface area (Å²) in [5.41, 5.74) is 2.66. The molecule has 1 aliphatic heterocycles. The molecule has 6 heteroatoms. The topological polar surface area (TPSA) is 57.9 Å². The second kappa shape index (κ2) is 7.44. The van der Waals surface area contributed by atoms with Crippen LogP contribution in [0.25, 0.3) is 10.2 Å². The zero-order valence-electron chi connectivity index (χ0n) is 15.2.